The van der Waals surface area contributed by atoms with E-state index in [-0.39, 0.29) is 126 Å². The lowest BCUT2D eigenvalue weighted by Gasteiger charge is -2.40. The molecule has 4 fully saturated rings. The molecule has 9 aromatic rings. The normalized spacial score (nSPS) is 21.9. The van der Waals surface area contributed by atoms with E-state index >= 15 is 0 Å². The zero-order chi connectivity index (χ0) is 68.4. The molecule has 3 aromatic carbocycles. The topological polar surface area (TPSA) is 340 Å². The van der Waals surface area contributed by atoms with Crippen LogP contribution in [0.2, 0.25) is 0 Å². The minimum absolute atomic E-state index is 0.00170. The lowest BCUT2D eigenvalue weighted by Crippen LogP contribution is -2.55. The fourth-order valence-corrected chi connectivity index (χ4v) is 13.2. The Balaban J connectivity index is 0.000000126. The molecule has 4 saturated heterocycles. The van der Waals surface area contributed by atoms with Crippen molar-refractivity contribution in [2.24, 2.45) is 0 Å². The van der Waals surface area contributed by atoms with Crippen molar-refractivity contribution in [1.29, 1.82) is 15.8 Å². The second-order valence-electron chi connectivity index (χ2n) is 24.5. The summed E-state index contributed by atoms with van der Waals surface area (Å²) in [6.45, 7) is 6.59. The molecule has 6 N–H and O–H groups in total. The van der Waals surface area contributed by atoms with Gasteiger partial charge in [-0.15, -0.1) is 0 Å². The first-order chi connectivity index (χ1) is 47.2. The first-order valence-corrected chi connectivity index (χ1v) is 31.3. The molecular formula is C68H58F4N18O8. The lowest BCUT2D eigenvalue weighted by atomic mass is 9.92. The molecule has 30 heteroatoms. The number of alkyl halides is 1. The van der Waals surface area contributed by atoms with E-state index in [2.05, 4.69) is 51.1 Å². The van der Waals surface area contributed by atoms with Crippen molar-refractivity contribution >= 4 is 35.2 Å². The summed E-state index contributed by atoms with van der Waals surface area (Å²) in [5, 5.41) is 80.7. The van der Waals surface area contributed by atoms with Gasteiger partial charge in [-0.05, 0) is 81.3 Å². The number of β-amino-alcohol motifs (C(OH)–C–C–N with tert-alkyl or cyclic N) is 2. The molecule has 98 heavy (non-hydrogen) atoms. The third kappa shape index (κ3) is 11.8. The van der Waals surface area contributed by atoms with Crippen molar-refractivity contribution in [1.82, 2.24) is 60.2 Å². The molecule has 0 aliphatic carbocycles. The summed E-state index contributed by atoms with van der Waals surface area (Å²) < 4.78 is 73.8. The number of amides is 3. The van der Waals surface area contributed by atoms with E-state index in [1.807, 2.05) is 36.1 Å². The molecule has 0 bridgehead atoms. The average Bonchev–Trinajstić information content (AvgIpc) is 1.40. The van der Waals surface area contributed by atoms with E-state index in [0.717, 1.165) is 5.82 Å². The average molecular weight is 1330 g/mol. The molecule has 0 saturated carbocycles. The van der Waals surface area contributed by atoms with Crippen molar-refractivity contribution in [3.63, 3.8) is 0 Å². The maximum atomic E-state index is 14.7. The molecule has 496 valence electrons. The van der Waals surface area contributed by atoms with Gasteiger partial charge >= 0.3 is 0 Å². The Bertz CT molecular complexity index is 4850. The highest BCUT2D eigenvalue weighted by Crippen LogP contribution is 2.37. The van der Waals surface area contributed by atoms with Crippen LogP contribution >= 0.6 is 0 Å². The fourth-order valence-electron chi connectivity index (χ4n) is 13.2. The Morgan fingerprint density at radius 1 is 0.541 bits per heavy atom. The minimum atomic E-state index is -1.27. The Hall–Kier alpha value is -11.5. The number of aliphatic hydroxyl groups excluding tert-OH is 2. The van der Waals surface area contributed by atoms with Crippen LogP contribution in [0.25, 0.3) is 50.8 Å². The Kier molecular flexibility index (Phi) is 16.7. The lowest BCUT2D eigenvalue weighted by molar-refractivity contribution is -0.0693. The second-order valence-corrected chi connectivity index (χ2v) is 24.5. The van der Waals surface area contributed by atoms with E-state index in [1.165, 1.54) is 70.0 Å². The molecule has 26 nitrogen and oxygen atoms in total. The molecule has 7 atom stereocenters. The van der Waals surface area contributed by atoms with Gasteiger partial charge in [-0.1, -0.05) is 18.2 Å². The summed E-state index contributed by atoms with van der Waals surface area (Å²) in [6, 6.07) is 28.7. The molecule has 13 heterocycles. The number of carbonyl (C=O) groups is 3. The van der Waals surface area contributed by atoms with Gasteiger partial charge in [0.1, 0.15) is 47.5 Å². The molecule has 7 aliphatic heterocycles. The molecule has 0 spiro atoms. The number of hydrogen-bond acceptors (Lipinski definition) is 20. The van der Waals surface area contributed by atoms with E-state index in [4.69, 9.17) is 9.47 Å². The van der Waals surface area contributed by atoms with Gasteiger partial charge in [-0.2, -0.15) is 31.1 Å². The molecule has 0 radical (unpaired) electrons. The highest BCUT2D eigenvalue weighted by molar-refractivity contribution is 6.03. The standard InChI is InChI=1S/C23H19FN6O3.C23H21FN6O3.C22H18F2N6O2/c1-12-32-18-10-29(11-19(18)33-12)20-5-6-30(28-20)17-7-15(27-16-9-26-23(31)22(16)17)21-13(8-25)3-2-4-14(21)24;1-23(33)12-29(7-5-18(23)31)19-6-8-30(28-19)17-9-15(27-16-11-26-22(32)21(16)17)20-13(10-25)3-2-4-14(20)24;23-13-4-6-29(11-18(13)31)19-5-7-30(28-19)17-8-15(27-16-10-26-22(32)21(16)17)20-12(9-25)2-1-3-14(20)24/h2-7,12,18-19H,9-11H2,1H3,(H,26,31);2-4,6,8-9,18,31,33H,5,7,11-12H2,1H3,(H,26,32);1-3,5,7-8,13,18,31H,4,6,10-11H2,(H,26,32)/t12?,18-,19+;18-,23+;/m.1./s1. The van der Waals surface area contributed by atoms with Gasteiger partial charge in [0.15, 0.2) is 23.7 Å². The third-order valence-electron chi connectivity index (χ3n) is 18.1. The molecule has 7 aliphatic rings. The van der Waals surface area contributed by atoms with Gasteiger partial charge < -0.3 is 55.4 Å². The van der Waals surface area contributed by atoms with E-state index in [9.17, 15) is 63.1 Å². The Morgan fingerprint density at radius 3 is 1.30 bits per heavy atom. The summed E-state index contributed by atoms with van der Waals surface area (Å²) in [7, 11) is 0. The van der Waals surface area contributed by atoms with Gasteiger partial charge in [-0.3, -0.25) is 14.4 Å². The van der Waals surface area contributed by atoms with Crippen molar-refractivity contribution < 1.29 is 56.7 Å². The van der Waals surface area contributed by atoms with Gasteiger partial charge in [0.2, 0.25) is 0 Å². The Morgan fingerprint density at radius 2 is 0.918 bits per heavy atom. The quantitative estimate of drug-likeness (QED) is 0.0937. The smallest absolute Gasteiger partial charge is 0.255 e. The number of aliphatic hydroxyl groups is 3. The minimum Gasteiger partial charge on any atom is -0.390 e. The van der Waals surface area contributed by atoms with Crippen LogP contribution in [0.4, 0.5) is 35.0 Å². The summed E-state index contributed by atoms with van der Waals surface area (Å²) in [5.74, 6) is -0.827. The number of nitrogens with zero attached hydrogens (tertiary/aromatic N) is 15. The number of aromatic nitrogens is 9. The number of halogens is 4. The highest BCUT2D eigenvalue weighted by atomic mass is 19.1. The molecule has 6 aromatic heterocycles. The van der Waals surface area contributed by atoms with Gasteiger partial charge in [-0.25, -0.2) is 46.6 Å². The molecule has 3 unspecified atom stereocenters. The number of benzene rings is 3. The van der Waals surface area contributed by atoms with Crippen LogP contribution < -0.4 is 30.7 Å². The fraction of sp³-hybridized carbons (Fsp3) is 0.294. The number of rotatable bonds is 9. The van der Waals surface area contributed by atoms with Crippen LogP contribution in [-0.4, -0.2) is 159 Å². The third-order valence-corrected chi connectivity index (χ3v) is 18.1. The number of hydrogen-bond donors (Lipinski definition) is 6. The number of ether oxygens (including phenoxy) is 2. The van der Waals surface area contributed by atoms with Crippen LogP contribution in [0.5, 0.6) is 0 Å². The first kappa shape index (κ1) is 63.9. The maximum Gasteiger partial charge on any atom is 0.255 e. The van der Waals surface area contributed by atoms with Crippen molar-refractivity contribution in [3.8, 4) is 69.0 Å². The summed E-state index contributed by atoms with van der Waals surface area (Å²) >= 11 is 0. The summed E-state index contributed by atoms with van der Waals surface area (Å²) in [5.41, 5.74) is 3.81. The van der Waals surface area contributed by atoms with Gasteiger partial charge in [0.25, 0.3) is 17.7 Å². The predicted octanol–water partition coefficient (Wildman–Crippen LogP) is 5.75. The van der Waals surface area contributed by atoms with Crippen LogP contribution in [0.1, 0.15) is 91.5 Å². The van der Waals surface area contributed by atoms with Crippen molar-refractivity contribution in [2.45, 2.75) is 88.8 Å². The number of nitrogens with one attached hydrogen (secondary N) is 3. The number of anilines is 3. The van der Waals surface area contributed by atoms with E-state index in [0.29, 0.717) is 95.1 Å². The number of piperidine rings is 2. The zero-order valence-corrected chi connectivity index (χ0v) is 52.2. The monoisotopic (exact) mass is 1330 g/mol. The van der Waals surface area contributed by atoms with Gasteiger partial charge in [0.05, 0.1) is 152 Å². The molecule has 3 amide bonds. The van der Waals surface area contributed by atoms with Crippen molar-refractivity contribution in [2.75, 3.05) is 54.0 Å². The summed E-state index contributed by atoms with van der Waals surface area (Å²) in [6.07, 6.45) is 2.26. The Labute approximate surface area is 555 Å². The largest absolute Gasteiger partial charge is 0.390 e. The van der Waals surface area contributed by atoms with Crippen LogP contribution in [0.3, 0.4) is 0 Å². The SMILES string of the molecule is CC1O[C@H]2CN(c3ccn(-c4cc(-c5c(F)cccc5C#N)nc5c4C(=O)NC5)n3)C[C@H]2O1.C[C@]1(O)CN(c2ccn(-c3cc(-c4c(F)cccc4C#N)nc4c3C(=O)NC4)n2)CC[C@H]1O.N#Cc1cccc(F)c1-c1cc(-n2ccc(N3CCC(F)C(O)C3)n2)c2c(n1)CNC2=O. The van der Waals surface area contributed by atoms with Crippen LogP contribution in [0, 0.1) is 51.4 Å². The summed E-state index contributed by atoms with van der Waals surface area (Å²) in [4.78, 5) is 56.7. The van der Waals surface area contributed by atoms with E-state index < -0.39 is 41.4 Å². The van der Waals surface area contributed by atoms with Crippen LogP contribution in [-0.2, 0) is 29.1 Å². The van der Waals surface area contributed by atoms with E-state index in [1.54, 1.807) is 59.4 Å². The number of fused-ring (bicyclic) bond motifs is 4. The second kappa shape index (κ2) is 25.6. The van der Waals surface area contributed by atoms with Crippen LogP contribution in [0.15, 0.2) is 110 Å². The first-order valence-electron chi connectivity index (χ1n) is 31.3. The van der Waals surface area contributed by atoms with Gasteiger partial charge in [0, 0.05) is 69.5 Å². The van der Waals surface area contributed by atoms with Crippen molar-refractivity contribution in [3.05, 3.63) is 178 Å². The number of pyridine rings is 3. The zero-order valence-electron chi connectivity index (χ0n) is 52.2. The molecule has 16 rings (SSSR count). The predicted molar refractivity (Wildman–Crippen MR) is 341 cm³/mol. The maximum absolute atomic E-state index is 14.7. The number of nitriles is 3. The highest BCUT2D eigenvalue weighted by Gasteiger charge is 2.43. The number of carbonyl (C=O) groups excluding carboxylic acids is 3. The molecular weight excluding hydrogens is 1270 g/mol.